The fourth-order valence-electron chi connectivity index (χ4n) is 1.77. The average Bonchev–Trinajstić information content (AvgIpc) is 2.77. The molecule has 0 fully saturated rings. The normalized spacial score (nSPS) is 12.4. The van der Waals surface area contributed by atoms with Crippen molar-refractivity contribution in [3.63, 3.8) is 0 Å². The van der Waals surface area contributed by atoms with Crippen LogP contribution < -0.4 is 5.32 Å². The summed E-state index contributed by atoms with van der Waals surface area (Å²) in [6, 6.07) is 6.89. The molecule has 3 heteroatoms. The maximum atomic E-state index is 4.19. The van der Waals surface area contributed by atoms with Crippen LogP contribution in [-0.4, -0.2) is 4.98 Å². The monoisotopic (exact) mass is 246 g/mol. The second-order valence-electron chi connectivity index (χ2n) is 4.27. The molecule has 0 aliphatic heterocycles. The van der Waals surface area contributed by atoms with Crippen molar-refractivity contribution in [1.29, 1.82) is 0 Å². The molecule has 2 rings (SSSR count). The first-order valence-corrected chi connectivity index (χ1v) is 6.77. The van der Waals surface area contributed by atoms with E-state index < -0.39 is 0 Å². The maximum Gasteiger partial charge on any atom is 0.0579 e. The Hall–Kier alpha value is -1.35. The highest BCUT2D eigenvalue weighted by atomic mass is 32.1. The van der Waals surface area contributed by atoms with E-state index in [0.29, 0.717) is 6.04 Å². The molecule has 0 saturated heterocycles. The van der Waals surface area contributed by atoms with Crippen LogP contribution in [0, 0.1) is 6.92 Å². The number of pyridine rings is 1. The van der Waals surface area contributed by atoms with E-state index >= 15 is 0 Å². The largest absolute Gasteiger partial charge is 0.376 e. The van der Waals surface area contributed by atoms with E-state index in [1.807, 2.05) is 23.7 Å². The molecule has 90 valence electrons. The third-order valence-corrected chi connectivity index (χ3v) is 4.13. The molecule has 1 N–H and O–H groups in total. The predicted molar refractivity (Wildman–Crippen MR) is 74.7 cm³/mol. The van der Waals surface area contributed by atoms with Gasteiger partial charge < -0.3 is 5.32 Å². The molecule has 2 aromatic rings. The Morgan fingerprint density at radius 3 is 2.82 bits per heavy atom. The van der Waals surface area contributed by atoms with Crippen molar-refractivity contribution in [2.45, 2.75) is 33.2 Å². The molecule has 17 heavy (non-hydrogen) atoms. The Balaban J connectivity index is 2.08. The molecular formula is C14H18N2S. The van der Waals surface area contributed by atoms with Crippen LogP contribution >= 0.6 is 11.3 Å². The van der Waals surface area contributed by atoms with Crippen LogP contribution in [0.4, 0.5) is 5.69 Å². The Bertz CT molecular complexity index is 490. The lowest BCUT2D eigenvalue weighted by molar-refractivity contribution is 0.905. The van der Waals surface area contributed by atoms with Crippen molar-refractivity contribution in [1.82, 2.24) is 4.98 Å². The van der Waals surface area contributed by atoms with Gasteiger partial charge >= 0.3 is 0 Å². The predicted octanol–water partition coefficient (Wildman–Crippen LogP) is 4.19. The minimum Gasteiger partial charge on any atom is -0.376 e. The van der Waals surface area contributed by atoms with Gasteiger partial charge in [0.25, 0.3) is 0 Å². The summed E-state index contributed by atoms with van der Waals surface area (Å²) < 4.78 is 0. The van der Waals surface area contributed by atoms with Crippen molar-refractivity contribution < 1.29 is 0 Å². The summed E-state index contributed by atoms with van der Waals surface area (Å²) in [5.74, 6) is 0. The van der Waals surface area contributed by atoms with Gasteiger partial charge in [-0.05, 0) is 44.0 Å². The highest BCUT2D eigenvalue weighted by molar-refractivity contribution is 7.12. The maximum absolute atomic E-state index is 4.19. The van der Waals surface area contributed by atoms with Gasteiger partial charge in [-0.2, -0.15) is 0 Å². The minimum absolute atomic E-state index is 0.337. The molecule has 0 spiro atoms. The van der Waals surface area contributed by atoms with Crippen LogP contribution in [-0.2, 0) is 6.42 Å². The molecule has 2 aromatic heterocycles. The lowest BCUT2D eigenvalue weighted by Gasteiger charge is -2.13. The molecule has 2 heterocycles. The van der Waals surface area contributed by atoms with Gasteiger partial charge in [0, 0.05) is 22.1 Å². The smallest absolute Gasteiger partial charge is 0.0579 e. The number of anilines is 1. The second-order valence-corrected chi connectivity index (χ2v) is 5.47. The number of aromatic nitrogens is 1. The standard InChI is InChI=1S/C14H18N2S/c1-4-13-5-6-14(17-13)11(3)16-12-7-10(2)8-15-9-12/h5-9,11,16H,4H2,1-3H3. The summed E-state index contributed by atoms with van der Waals surface area (Å²) in [6.07, 6.45) is 4.86. The lowest BCUT2D eigenvalue weighted by atomic mass is 10.2. The van der Waals surface area contributed by atoms with Crippen LogP contribution in [0.2, 0.25) is 0 Å². The third-order valence-electron chi connectivity index (χ3n) is 2.72. The zero-order valence-corrected chi connectivity index (χ0v) is 11.3. The lowest BCUT2D eigenvalue weighted by Crippen LogP contribution is -2.05. The van der Waals surface area contributed by atoms with Crippen molar-refractivity contribution >= 4 is 17.0 Å². The Morgan fingerprint density at radius 2 is 2.18 bits per heavy atom. The number of hydrogen-bond acceptors (Lipinski definition) is 3. The summed E-state index contributed by atoms with van der Waals surface area (Å²) in [7, 11) is 0. The zero-order chi connectivity index (χ0) is 12.3. The minimum atomic E-state index is 0.337. The van der Waals surface area contributed by atoms with E-state index in [9.17, 15) is 0 Å². The summed E-state index contributed by atoms with van der Waals surface area (Å²) in [5.41, 5.74) is 2.27. The number of hydrogen-bond donors (Lipinski definition) is 1. The number of thiophene rings is 1. The van der Waals surface area contributed by atoms with E-state index in [4.69, 9.17) is 0 Å². The number of rotatable bonds is 4. The van der Waals surface area contributed by atoms with E-state index in [0.717, 1.165) is 12.1 Å². The zero-order valence-electron chi connectivity index (χ0n) is 10.5. The second kappa shape index (κ2) is 5.32. The Labute approximate surface area is 107 Å². The highest BCUT2D eigenvalue weighted by Crippen LogP contribution is 2.26. The number of aryl methyl sites for hydroxylation is 2. The van der Waals surface area contributed by atoms with Gasteiger partial charge in [0.05, 0.1) is 11.7 Å². The fourth-order valence-corrected chi connectivity index (χ4v) is 2.73. The van der Waals surface area contributed by atoms with Crippen molar-refractivity contribution in [2.75, 3.05) is 5.32 Å². The molecule has 0 radical (unpaired) electrons. The first kappa shape index (κ1) is 12.1. The first-order chi connectivity index (χ1) is 8.19. The molecule has 0 aliphatic carbocycles. The molecule has 0 bridgehead atoms. The third kappa shape index (κ3) is 3.07. The molecule has 1 atom stereocenters. The van der Waals surface area contributed by atoms with E-state index in [1.54, 1.807) is 0 Å². The van der Waals surface area contributed by atoms with Gasteiger partial charge in [-0.15, -0.1) is 11.3 Å². The van der Waals surface area contributed by atoms with Crippen LogP contribution in [0.25, 0.3) is 0 Å². The van der Waals surface area contributed by atoms with Crippen LogP contribution in [0.5, 0.6) is 0 Å². The average molecular weight is 246 g/mol. The summed E-state index contributed by atoms with van der Waals surface area (Å²) in [4.78, 5) is 7.01. The quantitative estimate of drug-likeness (QED) is 0.875. The summed E-state index contributed by atoms with van der Waals surface area (Å²) in [6.45, 7) is 6.44. The topological polar surface area (TPSA) is 24.9 Å². The molecule has 0 saturated carbocycles. The highest BCUT2D eigenvalue weighted by Gasteiger charge is 2.08. The van der Waals surface area contributed by atoms with Gasteiger partial charge in [-0.3, -0.25) is 4.98 Å². The van der Waals surface area contributed by atoms with Crippen LogP contribution in [0.15, 0.2) is 30.6 Å². The molecule has 1 unspecified atom stereocenters. The number of nitrogens with zero attached hydrogens (tertiary/aromatic N) is 1. The van der Waals surface area contributed by atoms with Gasteiger partial charge in [0.2, 0.25) is 0 Å². The SMILES string of the molecule is CCc1ccc(C(C)Nc2cncc(C)c2)s1. The molecule has 0 aromatic carbocycles. The Morgan fingerprint density at radius 1 is 1.35 bits per heavy atom. The van der Waals surface area contributed by atoms with Crippen LogP contribution in [0.3, 0.4) is 0 Å². The van der Waals surface area contributed by atoms with Gasteiger partial charge in [-0.25, -0.2) is 0 Å². The molecular weight excluding hydrogens is 228 g/mol. The van der Waals surface area contributed by atoms with E-state index in [2.05, 4.69) is 49.3 Å². The number of nitrogens with one attached hydrogen (secondary N) is 1. The summed E-state index contributed by atoms with van der Waals surface area (Å²) in [5, 5.41) is 3.48. The Kier molecular flexibility index (Phi) is 3.79. The van der Waals surface area contributed by atoms with Crippen molar-refractivity contribution in [3.05, 3.63) is 45.9 Å². The molecule has 2 nitrogen and oxygen atoms in total. The van der Waals surface area contributed by atoms with Gasteiger partial charge in [0.15, 0.2) is 0 Å². The van der Waals surface area contributed by atoms with Gasteiger partial charge in [-0.1, -0.05) is 6.92 Å². The fraction of sp³-hybridized carbons (Fsp3) is 0.357. The van der Waals surface area contributed by atoms with Crippen molar-refractivity contribution in [2.24, 2.45) is 0 Å². The van der Waals surface area contributed by atoms with Crippen molar-refractivity contribution in [3.8, 4) is 0 Å². The van der Waals surface area contributed by atoms with E-state index in [-0.39, 0.29) is 0 Å². The molecule has 0 amide bonds. The summed E-state index contributed by atoms with van der Waals surface area (Å²) >= 11 is 1.88. The van der Waals surface area contributed by atoms with Gasteiger partial charge in [0.1, 0.15) is 0 Å². The molecule has 0 aliphatic rings. The van der Waals surface area contributed by atoms with E-state index in [1.165, 1.54) is 15.3 Å². The first-order valence-electron chi connectivity index (χ1n) is 5.96. The van der Waals surface area contributed by atoms with Crippen LogP contribution in [0.1, 0.15) is 35.2 Å².